The molecule has 0 aliphatic heterocycles. The molecule has 0 aliphatic carbocycles. The second-order valence-corrected chi connectivity index (χ2v) is 2.88. The summed E-state index contributed by atoms with van der Waals surface area (Å²) in [7, 11) is 3.30. The summed E-state index contributed by atoms with van der Waals surface area (Å²) in [5.74, 6) is 1.76. The average Bonchev–Trinajstić information content (AvgIpc) is 2.41. The maximum absolute atomic E-state index is 4.89. The number of hydrogen-bond acceptors (Lipinski definition) is 2. The molecule has 92 valence electrons. The second-order valence-electron chi connectivity index (χ2n) is 2.88. The topological polar surface area (TPSA) is 18.5 Å². The molecule has 0 fully saturated rings. The summed E-state index contributed by atoms with van der Waals surface area (Å²) in [5, 5.41) is 0. The molecule has 0 unspecified atom stereocenters. The van der Waals surface area contributed by atoms with Crippen molar-refractivity contribution in [2.75, 3.05) is 14.2 Å². The Morgan fingerprint density at radius 1 is 0.722 bits per heavy atom. The Morgan fingerprint density at radius 3 is 1.17 bits per heavy atom. The minimum Gasteiger partial charge on any atom is -0.522 e. The Bertz CT molecular complexity index is 337. The molecule has 0 amide bonds. The molecule has 3 heteroatoms. The van der Waals surface area contributed by atoms with E-state index in [1.54, 1.807) is 14.2 Å². The van der Waals surface area contributed by atoms with Gasteiger partial charge in [0.1, 0.15) is 0 Å². The summed E-state index contributed by atoms with van der Waals surface area (Å²) < 4.78 is 9.79. The fourth-order valence-electron chi connectivity index (χ4n) is 1.02. The molecule has 2 rings (SSSR count). The van der Waals surface area contributed by atoms with Gasteiger partial charge in [-0.3, -0.25) is 0 Å². The molecule has 0 aliphatic rings. The standard InChI is InChI=1S/2C7H7O.CH4.K/c2*1-8-7-5-3-2-4-6-7;;/h2*3-6H,1H3;1H4;/q2*-1;;+1. The Balaban J connectivity index is 0. The van der Waals surface area contributed by atoms with E-state index in [1.807, 2.05) is 48.5 Å². The van der Waals surface area contributed by atoms with Crippen LogP contribution < -0.4 is 60.9 Å². The zero-order valence-electron chi connectivity index (χ0n) is 10.4. The molecule has 0 radical (unpaired) electrons. The Hall–Kier alpha value is -0.324. The van der Waals surface area contributed by atoms with E-state index >= 15 is 0 Å². The van der Waals surface area contributed by atoms with E-state index in [2.05, 4.69) is 12.1 Å². The van der Waals surface area contributed by atoms with Crippen LogP contribution in [0.4, 0.5) is 0 Å². The predicted molar refractivity (Wildman–Crippen MR) is 70.4 cm³/mol. The van der Waals surface area contributed by atoms with Crippen molar-refractivity contribution in [1.82, 2.24) is 0 Å². The van der Waals surface area contributed by atoms with Gasteiger partial charge in [-0.2, -0.15) is 36.4 Å². The van der Waals surface area contributed by atoms with Crippen LogP contribution in [-0.4, -0.2) is 14.2 Å². The van der Waals surface area contributed by atoms with Gasteiger partial charge in [0.05, 0.1) is 14.2 Å². The molecule has 2 nitrogen and oxygen atoms in total. The van der Waals surface area contributed by atoms with Crippen molar-refractivity contribution in [2.45, 2.75) is 7.43 Å². The fourth-order valence-corrected chi connectivity index (χ4v) is 1.02. The maximum Gasteiger partial charge on any atom is 1.00 e. The summed E-state index contributed by atoms with van der Waals surface area (Å²) in [4.78, 5) is 0. The van der Waals surface area contributed by atoms with Gasteiger partial charge < -0.3 is 9.47 Å². The monoisotopic (exact) mass is 269 g/mol. The van der Waals surface area contributed by atoms with Crippen LogP contribution in [0, 0.1) is 12.1 Å². The Labute approximate surface area is 153 Å². The second kappa shape index (κ2) is 13.1. The van der Waals surface area contributed by atoms with Crippen LogP contribution in [0.15, 0.2) is 48.5 Å². The van der Waals surface area contributed by atoms with E-state index < -0.39 is 0 Å². The van der Waals surface area contributed by atoms with Crippen LogP contribution in [0.25, 0.3) is 0 Å². The molecule has 2 aromatic rings. The molecule has 18 heavy (non-hydrogen) atoms. The van der Waals surface area contributed by atoms with Crippen molar-refractivity contribution in [1.29, 1.82) is 0 Å². The van der Waals surface area contributed by atoms with Crippen molar-refractivity contribution < 1.29 is 60.9 Å². The molecule has 0 saturated carbocycles. The molecule has 0 heterocycles. The predicted octanol–water partition coefficient (Wildman–Crippen LogP) is 0.631. The van der Waals surface area contributed by atoms with Crippen LogP contribution in [-0.2, 0) is 0 Å². The van der Waals surface area contributed by atoms with Crippen molar-refractivity contribution in [3.63, 3.8) is 0 Å². The zero-order chi connectivity index (χ0) is 11.6. The molecule has 0 saturated heterocycles. The SMILES string of the molecule is C.COc1cc[c-]cc1.COc1cc[c-]cc1.[K+]. The van der Waals surface area contributed by atoms with Gasteiger partial charge in [0.2, 0.25) is 0 Å². The van der Waals surface area contributed by atoms with Gasteiger partial charge in [-0.1, -0.05) is 7.43 Å². The van der Waals surface area contributed by atoms with Crippen molar-refractivity contribution in [2.24, 2.45) is 0 Å². The summed E-state index contributed by atoms with van der Waals surface area (Å²) in [6.07, 6.45) is 0. The zero-order valence-corrected chi connectivity index (χ0v) is 13.6. The maximum atomic E-state index is 4.89. The summed E-state index contributed by atoms with van der Waals surface area (Å²) in [6, 6.07) is 20.5. The van der Waals surface area contributed by atoms with Gasteiger partial charge >= 0.3 is 51.4 Å². The first-order valence-electron chi connectivity index (χ1n) is 4.87. The number of rotatable bonds is 2. The first-order chi connectivity index (χ1) is 7.86. The number of benzene rings is 2. The van der Waals surface area contributed by atoms with E-state index in [1.165, 1.54) is 0 Å². The number of hydrogen-bond donors (Lipinski definition) is 0. The van der Waals surface area contributed by atoms with Gasteiger partial charge in [-0.15, -0.1) is 24.3 Å². The Morgan fingerprint density at radius 2 is 1.00 bits per heavy atom. The van der Waals surface area contributed by atoms with E-state index in [-0.39, 0.29) is 58.8 Å². The molecule has 0 N–H and O–H groups in total. The van der Waals surface area contributed by atoms with Gasteiger partial charge in [0.15, 0.2) is 0 Å². The fraction of sp³-hybridized carbons (Fsp3) is 0.200. The van der Waals surface area contributed by atoms with Crippen LogP contribution >= 0.6 is 0 Å². The average molecular weight is 269 g/mol. The largest absolute Gasteiger partial charge is 1.00 e. The van der Waals surface area contributed by atoms with E-state index in [9.17, 15) is 0 Å². The molecule has 0 bridgehead atoms. The van der Waals surface area contributed by atoms with Crippen LogP contribution in [0.2, 0.25) is 0 Å². The van der Waals surface area contributed by atoms with Crippen molar-refractivity contribution in [3.8, 4) is 11.5 Å². The number of methoxy groups -OCH3 is 2. The van der Waals surface area contributed by atoms with Crippen LogP contribution in [0.1, 0.15) is 7.43 Å². The van der Waals surface area contributed by atoms with E-state index in [0.29, 0.717) is 0 Å². The summed E-state index contributed by atoms with van der Waals surface area (Å²) in [6.45, 7) is 0. The molecular formula is C15H18KO2-. The molecule has 0 atom stereocenters. The molecular weight excluding hydrogens is 251 g/mol. The minimum atomic E-state index is 0. The summed E-state index contributed by atoms with van der Waals surface area (Å²) >= 11 is 0. The van der Waals surface area contributed by atoms with Gasteiger partial charge in [0, 0.05) is 11.5 Å². The Kier molecular flexibility index (Phi) is 14.6. The quantitative estimate of drug-likeness (QED) is 0.588. The van der Waals surface area contributed by atoms with Crippen LogP contribution in [0.3, 0.4) is 0 Å². The molecule has 0 aromatic heterocycles. The van der Waals surface area contributed by atoms with Gasteiger partial charge in [-0.05, 0) is 0 Å². The van der Waals surface area contributed by atoms with E-state index in [0.717, 1.165) is 11.5 Å². The normalized spacial score (nSPS) is 7.67. The van der Waals surface area contributed by atoms with Gasteiger partial charge in [-0.25, -0.2) is 0 Å². The first-order valence-corrected chi connectivity index (χ1v) is 4.87. The minimum absolute atomic E-state index is 0. The number of ether oxygens (including phenoxy) is 2. The van der Waals surface area contributed by atoms with Crippen molar-refractivity contribution in [3.05, 3.63) is 60.7 Å². The van der Waals surface area contributed by atoms with Gasteiger partial charge in [0.25, 0.3) is 0 Å². The summed E-state index contributed by atoms with van der Waals surface area (Å²) in [5.41, 5.74) is 0. The van der Waals surface area contributed by atoms with Crippen LogP contribution in [0.5, 0.6) is 11.5 Å². The molecule has 0 spiro atoms. The molecule has 2 aromatic carbocycles. The third-order valence-electron chi connectivity index (χ3n) is 1.85. The third-order valence-corrected chi connectivity index (χ3v) is 1.85. The van der Waals surface area contributed by atoms with Crippen molar-refractivity contribution >= 4 is 0 Å². The smallest absolute Gasteiger partial charge is 0.522 e. The van der Waals surface area contributed by atoms with E-state index in [4.69, 9.17) is 9.47 Å². The third kappa shape index (κ3) is 8.72. The first kappa shape index (κ1) is 20.0.